The van der Waals surface area contributed by atoms with Crippen molar-refractivity contribution in [3.8, 4) is 17.2 Å². The topological polar surface area (TPSA) is 105 Å². The summed E-state index contributed by atoms with van der Waals surface area (Å²) in [7, 11) is 0. The van der Waals surface area contributed by atoms with Crippen LogP contribution in [0.3, 0.4) is 0 Å². The molecule has 4 rings (SSSR count). The Morgan fingerprint density at radius 1 is 0.939 bits per heavy atom. The monoisotopic (exact) mass is 447 g/mol. The molecule has 170 valence electrons. The molecule has 3 N–H and O–H groups in total. The van der Waals surface area contributed by atoms with E-state index in [2.05, 4.69) is 24.4 Å². The summed E-state index contributed by atoms with van der Waals surface area (Å²) in [6.07, 6.45) is 3.71. The molecule has 0 spiro atoms. The largest absolute Gasteiger partial charge is 0.494 e. The molecule has 3 aromatic rings. The lowest BCUT2D eigenvalue weighted by molar-refractivity contribution is 0.0696. The van der Waals surface area contributed by atoms with Crippen molar-refractivity contribution in [2.24, 2.45) is 0 Å². The van der Waals surface area contributed by atoms with Gasteiger partial charge in [0.05, 0.1) is 29.1 Å². The number of unbranched alkanes of at least 4 members (excludes halogenated alkanes) is 1. The van der Waals surface area contributed by atoms with Crippen molar-refractivity contribution in [2.75, 3.05) is 11.9 Å². The molecule has 0 atom stereocenters. The van der Waals surface area contributed by atoms with Gasteiger partial charge in [0.15, 0.2) is 11.5 Å². The van der Waals surface area contributed by atoms with Crippen LogP contribution in [0.4, 0.5) is 11.4 Å². The molecule has 7 nitrogen and oxygen atoms in total. The Labute approximate surface area is 191 Å². The molecule has 0 fully saturated rings. The minimum atomic E-state index is -1.23. The van der Waals surface area contributed by atoms with Crippen LogP contribution in [0.5, 0.6) is 17.2 Å². The number of rotatable bonds is 9. The van der Waals surface area contributed by atoms with Gasteiger partial charge < -0.3 is 25.0 Å². The highest BCUT2D eigenvalue weighted by Gasteiger charge is 2.25. The lowest BCUT2D eigenvalue weighted by Gasteiger charge is -2.24. The van der Waals surface area contributed by atoms with E-state index in [1.165, 1.54) is 11.6 Å². The van der Waals surface area contributed by atoms with Crippen molar-refractivity contribution in [3.05, 3.63) is 76.9 Å². The molecule has 0 bridgehead atoms. The molecule has 0 unspecified atom stereocenters. The third kappa shape index (κ3) is 5.09. The predicted molar refractivity (Wildman–Crippen MR) is 124 cm³/mol. The van der Waals surface area contributed by atoms with Gasteiger partial charge in [-0.2, -0.15) is 0 Å². The average Bonchev–Trinajstić information content (AvgIpc) is 2.81. The first kappa shape index (κ1) is 22.2. The van der Waals surface area contributed by atoms with Crippen molar-refractivity contribution in [1.82, 2.24) is 0 Å². The minimum Gasteiger partial charge on any atom is -0.494 e. The zero-order valence-electron chi connectivity index (χ0n) is 18.3. The minimum absolute atomic E-state index is 0.145. The molecule has 0 aliphatic carbocycles. The van der Waals surface area contributed by atoms with Gasteiger partial charge in [0.2, 0.25) is 0 Å². The molecule has 0 saturated heterocycles. The number of anilines is 2. The van der Waals surface area contributed by atoms with E-state index in [-0.39, 0.29) is 22.6 Å². The van der Waals surface area contributed by atoms with Crippen LogP contribution in [0, 0.1) is 0 Å². The number of benzene rings is 3. The van der Waals surface area contributed by atoms with Gasteiger partial charge in [-0.05, 0) is 66.8 Å². The van der Waals surface area contributed by atoms with Gasteiger partial charge in [0.25, 0.3) is 0 Å². The van der Waals surface area contributed by atoms with Crippen LogP contribution in [-0.4, -0.2) is 28.8 Å². The van der Waals surface area contributed by atoms with E-state index < -0.39 is 11.9 Å². The molecule has 33 heavy (non-hydrogen) atoms. The molecular formula is C26H25NO6. The number of carboxylic acids is 2. The Hall–Kier alpha value is -4.00. The second-order valence-electron chi connectivity index (χ2n) is 7.91. The quantitative estimate of drug-likeness (QED) is 0.275. The second-order valence-corrected chi connectivity index (χ2v) is 7.91. The Morgan fingerprint density at radius 3 is 2.45 bits per heavy atom. The summed E-state index contributed by atoms with van der Waals surface area (Å²) in [5.41, 5.74) is 2.79. The third-order valence-electron chi connectivity index (χ3n) is 5.47. The van der Waals surface area contributed by atoms with Crippen molar-refractivity contribution >= 4 is 23.3 Å². The zero-order valence-corrected chi connectivity index (χ0v) is 18.3. The Bertz CT molecular complexity index is 1200. The molecule has 0 aromatic heterocycles. The Kier molecular flexibility index (Phi) is 6.49. The summed E-state index contributed by atoms with van der Waals surface area (Å²) in [6, 6.07) is 16.2. The number of fused-ring (bicyclic) bond motifs is 2. The lowest BCUT2D eigenvalue weighted by atomic mass is 10.0. The van der Waals surface area contributed by atoms with Crippen molar-refractivity contribution in [2.45, 2.75) is 32.6 Å². The lowest BCUT2D eigenvalue weighted by Crippen LogP contribution is -2.11. The third-order valence-corrected chi connectivity index (χ3v) is 5.47. The van der Waals surface area contributed by atoms with Crippen LogP contribution >= 0.6 is 0 Å². The van der Waals surface area contributed by atoms with Crippen LogP contribution in [-0.2, 0) is 12.8 Å². The SMILES string of the molecule is CCCCOc1cccc(CCc2ccc3c(c2)Oc2cc(C(=O)O)cc(C(=O)O)c2N3)c1. The molecule has 1 aliphatic heterocycles. The fourth-order valence-corrected chi connectivity index (χ4v) is 3.69. The fourth-order valence-electron chi connectivity index (χ4n) is 3.69. The van der Waals surface area contributed by atoms with Gasteiger partial charge in [0, 0.05) is 0 Å². The standard InChI is InChI=1S/C26H25NO6/c1-2-3-11-32-19-6-4-5-16(12-19)7-8-17-9-10-21-22(13-17)33-23-15-18(25(28)29)14-20(26(30)31)24(23)27-21/h4-6,9-10,12-15,27H,2-3,7-8,11H2,1H3,(H,28,29)(H,30,31). The molecule has 7 heteroatoms. The number of hydrogen-bond donors (Lipinski definition) is 3. The number of aromatic carboxylic acids is 2. The molecule has 0 radical (unpaired) electrons. The number of carboxylic acid groups (broad SMARTS) is 2. The van der Waals surface area contributed by atoms with Gasteiger partial charge in [-0.1, -0.05) is 31.5 Å². The molecule has 0 saturated carbocycles. The first-order valence-electron chi connectivity index (χ1n) is 10.9. The Morgan fingerprint density at radius 2 is 1.73 bits per heavy atom. The highest BCUT2D eigenvalue weighted by atomic mass is 16.5. The van der Waals surface area contributed by atoms with E-state index in [4.69, 9.17) is 9.47 Å². The molecule has 0 amide bonds. The molecular weight excluding hydrogens is 422 g/mol. The summed E-state index contributed by atoms with van der Waals surface area (Å²) >= 11 is 0. The summed E-state index contributed by atoms with van der Waals surface area (Å²) < 4.78 is 11.7. The first-order valence-corrected chi connectivity index (χ1v) is 10.9. The summed E-state index contributed by atoms with van der Waals surface area (Å²) in [4.78, 5) is 23.0. The smallest absolute Gasteiger partial charge is 0.337 e. The van der Waals surface area contributed by atoms with Gasteiger partial charge >= 0.3 is 11.9 Å². The number of ether oxygens (including phenoxy) is 2. The average molecular weight is 447 g/mol. The second kappa shape index (κ2) is 9.65. The highest BCUT2D eigenvalue weighted by molar-refractivity contribution is 6.02. The van der Waals surface area contributed by atoms with Gasteiger partial charge in [-0.25, -0.2) is 9.59 Å². The molecule has 3 aromatic carbocycles. The van der Waals surface area contributed by atoms with Gasteiger partial charge in [-0.15, -0.1) is 0 Å². The van der Waals surface area contributed by atoms with Crippen LogP contribution < -0.4 is 14.8 Å². The van der Waals surface area contributed by atoms with Crippen LogP contribution in [0.1, 0.15) is 51.6 Å². The molecule has 1 aliphatic rings. The molecule has 1 heterocycles. The van der Waals surface area contributed by atoms with E-state index in [0.717, 1.165) is 43.1 Å². The van der Waals surface area contributed by atoms with Crippen LogP contribution in [0.15, 0.2) is 54.6 Å². The van der Waals surface area contributed by atoms with Crippen LogP contribution in [0.2, 0.25) is 0 Å². The predicted octanol–water partition coefficient (Wildman–Crippen LogP) is 5.90. The maximum Gasteiger partial charge on any atom is 0.337 e. The highest BCUT2D eigenvalue weighted by Crippen LogP contribution is 2.44. The number of nitrogens with one attached hydrogen (secondary N) is 1. The van der Waals surface area contributed by atoms with Gasteiger partial charge in [0.1, 0.15) is 5.75 Å². The normalized spacial score (nSPS) is 11.5. The fraction of sp³-hybridized carbons (Fsp3) is 0.231. The number of aryl methyl sites for hydroxylation is 2. The number of hydrogen-bond acceptors (Lipinski definition) is 5. The van der Waals surface area contributed by atoms with E-state index in [1.54, 1.807) is 0 Å². The summed E-state index contributed by atoms with van der Waals surface area (Å²) in [6.45, 7) is 2.84. The maximum atomic E-state index is 11.6. The summed E-state index contributed by atoms with van der Waals surface area (Å²) in [5, 5.41) is 21.9. The zero-order chi connectivity index (χ0) is 23.4. The maximum absolute atomic E-state index is 11.6. The van der Waals surface area contributed by atoms with Gasteiger partial charge in [-0.3, -0.25) is 0 Å². The van der Waals surface area contributed by atoms with Crippen molar-refractivity contribution in [3.63, 3.8) is 0 Å². The Balaban J connectivity index is 1.50. The van der Waals surface area contributed by atoms with Crippen molar-refractivity contribution in [1.29, 1.82) is 0 Å². The number of carbonyl (C=O) groups is 2. The first-order chi connectivity index (χ1) is 15.9. The van der Waals surface area contributed by atoms with Crippen LogP contribution in [0.25, 0.3) is 0 Å². The van der Waals surface area contributed by atoms with Crippen molar-refractivity contribution < 1.29 is 29.3 Å². The summed E-state index contributed by atoms with van der Waals surface area (Å²) in [5.74, 6) is -0.876. The van der Waals surface area contributed by atoms with E-state index >= 15 is 0 Å². The van der Waals surface area contributed by atoms with E-state index in [1.807, 2.05) is 30.3 Å². The van der Waals surface area contributed by atoms with E-state index in [0.29, 0.717) is 18.0 Å². The van der Waals surface area contributed by atoms with E-state index in [9.17, 15) is 19.8 Å².